The van der Waals surface area contributed by atoms with Crippen LogP contribution in [0.4, 0.5) is 15.8 Å². The minimum Gasteiger partial charge on any atom is -0.463 e. The van der Waals surface area contributed by atoms with E-state index in [9.17, 15) is 9.18 Å². The number of carbonyl (C=O) groups excluding carboxylic acids is 1. The third kappa shape index (κ3) is 5.06. The number of hydrogen-bond acceptors (Lipinski definition) is 8. The Balaban J connectivity index is 1.36. The van der Waals surface area contributed by atoms with Crippen LogP contribution < -0.4 is 15.0 Å². The molecule has 2 aromatic heterocycles. The monoisotopic (exact) mass is 547 g/mol. The van der Waals surface area contributed by atoms with Crippen molar-refractivity contribution in [2.45, 2.75) is 32.4 Å². The molecule has 2 aromatic carbocycles. The molecule has 2 aliphatic heterocycles. The lowest BCUT2D eigenvalue weighted by Gasteiger charge is -2.43. The summed E-state index contributed by atoms with van der Waals surface area (Å²) in [7, 11) is 3.87. The SMILES string of the molecule is C[C@H]1CN(c2ccc(C(=O)Nc3cc(F)c4nn(C)cc4c3)c3nc(OC[C@@H]4CCOC4)ncc23)C[C@H](C)N1C. The number of aryl methyl sites for hydroxylation is 1. The molecule has 0 spiro atoms. The number of anilines is 2. The van der Waals surface area contributed by atoms with Gasteiger partial charge in [0, 0.05) is 79.3 Å². The van der Waals surface area contributed by atoms with E-state index in [0.717, 1.165) is 37.2 Å². The lowest BCUT2D eigenvalue weighted by Crippen LogP contribution is -2.55. The van der Waals surface area contributed by atoms with Gasteiger partial charge in [-0.2, -0.15) is 10.1 Å². The highest BCUT2D eigenvalue weighted by Gasteiger charge is 2.29. The molecule has 210 valence electrons. The minimum absolute atomic E-state index is 0.216. The number of likely N-dealkylation sites (N-methyl/N-ethyl adjacent to an activating group) is 1. The summed E-state index contributed by atoms with van der Waals surface area (Å²) in [6, 6.07) is 7.65. The largest absolute Gasteiger partial charge is 0.463 e. The molecule has 10 nitrogen and oxygen atoms in total. The Morgan fingerprint density at radius 3 is 2.73 bits per heavy atom. The predicted molar refractivity (Wildman–Crippen MR) is 151 cm³/mol. The van der Waals surface area contributed by atoms with E-state index in [1.807, 2.05) is 6.07 Å². The summed E-state index contributed by atoms with van der Waals surface area (Å²) < 4.78 is 27.6. The molecule has 11 heteroatoms. The number of ether oxygens (including phenoxy) is 2. The number of hydrogen-bond donors (Lipinski definition) is 1. The molecular weight excluding hydrogens is 513 g/mol. The Bertz CT molecular complexity index is 1560. The number of amides is 1. The summed E-state index contributed by atoms with van der Waals surface area (Å²) in [5.41, 5.74) is 2.42. The molecule has 4 aromatic rings. The second-order valence-corrected chi connectivity index (χ2v) is 11.0. The Morgan fingerprint density at radius 2 is 1.98 bits per heavy atom. The molecule has 0 unspecified atom stereocenters. The summed E-state index contributed by atoms with van der Waals surface area (Å²) >= 11 is 0. The van der Waals surface area contributed by atoms with Gasteiger partial charge in [-0.3, -0.25) is 14.4 Å². The van der Waals surface area contributed by atoms with Crippen LogP contribution in [-0.4, -0.2) is 82.6 Å². The molecule has 4 heterocycles. The number of halogens is 1. The number of nitrogens with zero attached hydrogens (tertiary/aromatic N) is 6. The first-order valence-electron chi connectivity index (χ1n) is 13.7. The average molecular weight is 548 g/mol. The lowest BCUT2D eigenvalue weighted by atomic mass is 10.0. The molecule has 0 radical (unpaired) electrons. The maximum absolute atomic E-state index is 14.7. The van der Waals surface area contributed by atoms with E-state index in [0.29, 0.717) is 53.4 Å². The highest BCUT2D eigenvalue weighted by atomic mass is 19.1. The van der Waals surface area contributed by atoms with Crippen LogP contribution in [0.15, 0.2) is 36.7 Å². The average Bonchev–Trinajstić information content (AvgIpc) is 3.59. The van der Waals surface area contributed by atoms with Crippen LogP contribution in [0.3, 0.4) is 0 Å². The zero-order chi connectivity index (χ0) is 28.0. The predicted octanol–water partition coefficient (Wildman–Crippen LogP) is 3.85. The number of fused-ring (bicyclic) bond motifs is 2. The summed E-state index contributed by atoms with van der Waals surface area (Å²) in [4.78, 5) is 27.5. The van der Waals surface area contributed by atoms with Crippen molar-refractivity contribution < 1.29 is 18.7 Å². The second kappa shape index (κ2) is 10.6. The van der Waals surface area contributed by atoms with Gasteiger partial charge in [-0.25, -0.2) is 9.37 Å². The first kappa shape index (κ1) is 26.4. The fourth-order valence-electron chi connectivity index (χ4n) is 5.61. The third-order valence-electron chi connectivity index (χ3n) is 8.06. The van der Waals surface area contributed by atoms with E-state index in [1.54, 1.807) is 36.3 Å². The number of aromatic nitrogens is 4. The van der Waals surface area contributed by atoms with E-state index in [4.69, 9.17) is 14.5 Å². The van der Waals surface area contributed by atoms with Crippen LogP contribution in [0.5, 0.6) is 6.01 Å². The normalized spacial score (nSPS) is 21.8. The van der Waals surface area contributed by atoms with Crippen molar-refractivity contribution in [3.05, 3.63) is 48.0 Å². The summed E-state index contributed by atoms with van der Waals surface area (Å²) in [6.07, 6.45) is 4.38. The molecule has 6 rings (SSSR count). The van der Waals surface area contributed by atoms with E-state index >= 15 is 0 Å². The Kier molecular flexibility index (Phi) is 7.01. The topological polar surface area (TPSA) is 97.6 Å². The molecule has 2 saturated heterocycles. The second-order valence-electron chi connectivity index (χ2n) is 11.0. The van der Waals surface area contributed by atoms with Crippen LogP contribution in [0, 0.1) is 11.7 Å². The van der Waals surface area contributed by atoms with Crippen LogP contribution in [-0.2, 0) is 11.8 Å². The van der Waals surface area contributed by atoms with Crippen LogP contribution in [0.2, 0.25) is 0 Å². The maximum Gasteiger partial charge on any atom is 0.316 e. The van der Waals surface area contributed by atoms with Gasteiger partial charge in [0.15, 0.2) is 5.82 Å². The van der Waals surface area contributed by atoms with E-state index < -0.39 is 11.7 Å². The fourth-order valence-corrected chi connectivity index (χ4v) is 5.61. The van der Waals surface area contributed by atoms with E-state index in [-0.39, 0.29) is 11.5 Å². The van der Waals surface area contributed by atoms with Gasteiger partial charge in [-0.1, -0.05) is 0 Å². The van der Waals surface area contributed by atoms with Gasteiger partial charge in [-0.15, -0.1) is 0 Å². The zero-order valence-corrected chi connectivity index (χ0v) is 23.2. The quantitative estimate of drug-likeness (QED) is 0.389. The van der Waals surface area contributed by atoms with Crippen LogP contribution in [0.25, 0.3) is 21.8 Å². The van der Waals surface area contributed by atoms with Crippen molar-refractivity contribution in [2.24, 2.45) is 13.0 Å². The molecular formula is C29H34FN7O3. The third-order valence-corrected chi connectivity index (χ3v) is 8.06. The van der Waals surface area contributed by atoms with E-state index in [1.165, 1.54) is 6.07 Å². The standard InChI is InChI=1S/C29H34FN7O3/c1-17-12-37(13-18(2)36(17)4)25-6-5-22(27-23(25)11-31-29(33-27)40-16-19-7-8-39-15-19)28(38)32-21-9-20-14-35(3)34-26(20)24(30)10-21/h5-6,9-11,14,17-19H,7-8,12-13,15-16H2,1-4H3,(H,32,38)/t17-,18-,19+/m0/s1. The van der Waals surface area contributed by atoms with Crippen molar-refractivity contribution in [1.82, 2.24) is 24.6 Å². The molecule has 2 aliphatic rings. The Hall–Kier alpha value is -3.83. The number of nitrogens with one attached hydrogen (secondary N) is 1. The van der Waals surface area contributed by atoms with Gasteiger partial charge >= 0.3 is 6.01 Å². The number of benzene rings is 2. The van der Waals surface area contributed by atoms with Gasteiger partial charge in [0.1, 0.15) is 5.52 Å². The molecule has 1 amide bonds. The highest BCUT2D eigenvalue weighted by molar-refractivity contribution is 6.14. The number of rotatable bonds is 6. The molecule has 0 aliphatic carbocycles. The summed E-state index contributed by atoms with van der Waals surface area (Å²) in [5.74, 6) is -0.604. The molecule has 0 bridgehead atoms. The van der Waals surface area contributed by atoms with Gasteiger partial charge in [-0.05, 0) is 51.6 Å². The van der Waals surface area contributed by atoms with Gasteiger partial charge in [0.25, 0.3) is 5.91 Å². The molecule has 0 saturated carbocycles. The molecule has 3 atom stereocenters. The minimum atomic E-state index is -0.499. The van der Waals surface area contributed by atoms with Crippen molar-refractivity contribution in [2.75, 3.05) is 50.2 Å². The van der Waals surface area contributed by atoms with Gasteiger partial charge in [0.05, 0.1) is 24.3 Å². The van der Waals surface area contributed by atoms with Gasteiger partial charge in [0.2, 0.25) is 0 Å². The van der Waals surface area contributed by atoms with Crippen molar-refractivity contribution in [3.63, 3.8) is 0 Å². The molecule has 1 N–H and O–H groups in total. The van der Waals surface area contributed by atoms with Crippen LogP contribution >= 0.6 is 0 Å². The Morgan fingerprint density at radius 1 is 1.18 bits per heavy atom. The highest BCUT2D eigenvalue weighted by Crippen LogP contribution is 2.32. The first-order valence-corrected chi connectivity index (χ1v) is 13.7. The van der Waals surface area contributed by atoms with Crippen molar-refractivity contribution in [3.8, 4) is 6.01 Å². The number of piperazine rings is 1. The molecule has 40 heavy (non-hydrogen) atoms. The lowest BCUT2D eigenvalue weighted by molar-refractivity contribution is 0.102. The summed E-state index contributed by atoms with van der Waals surface area (Å²) in [5, 5.41) is 8.36. The fraction of sp³-hybridized carbons (Fsp3) is 0.448. The number of carbonyl (C=O) groups is 1. The maximum atomic E-state index is 14.7. The van der Waals surface area contributed by atoms with Crippen LogP contribution in [0.1, 0.15) is 30.6 Å². The Labute approximate surface area is 232 Å². The first-order chi connectivity index (χ1) is 19.3. The zero-order valence-electron chi connectivity index (χ0n) is 23.2. The smallest absolute Gasteiger partial charge is 0.316 e. The van der Waals surface area contributed by atoms with Gasteiger partial charge < -0.3 is 19.7 Å². The van der Waals surface area contributed by atoms with E-state index in [2.05, 4.69) is 46.1 Å². The van der Waals surface area contributed by atoms with Crippen molar-refractivity contribution in [1.29, 1.82) is 0 Å². The molecule has 2 fully saturated rings. The summed E-state index contributed by atoms with van der Waals surface area (Å²) in [6.45, 7) is 7.93. The van der Waals surface area contributed by atoms with Crippen molar-refractivity contribution >= 4 is 39.1 Å².